The van der Waals surface area contributed by atoms with Crippen molar-refractivity contribution in [3.8, 4) is 5.82 Å². The van der Waals surface area contributed by atoms with Gasteiger partial charge in [-0.3, -0.25) is 4.79 Å². The minimum atomic E-state index is 0.0207. The first-order valence-corrected chi connectivity index (χ1v) is 10.1. The number of piperidine rings is 1. The Labute approximate surface area is 170 Å². The highest BCUT2D eigenvalue weighted by Gasteiger charge is 2.26. The van der Waals surface area contributed by atoms with Gasteiger partial charge in [0, 0.05) is 37.1 Å². The second kappa shape index (κ2) is 8.43. The molecule has 0 saturated carbocycles. The van der Waals surface area contributed by atoms with E-state index in [9.17, 15) is 4.79 Å². The van der Waals surface area contributed by atoms with Crippen molar-refractivity contribution in [2.75, 3.05) is 23.3 Å². The van der Waals surface area contributed by atoms with E-state index in [0.717, 1.165) is 37.4 Å². The monoisotopic (exact) mass is 390 g/mol. The molecule has 1 aromatic carbocycles. The summed E-state index contributed by atoms with van der Waals surface area (Å²) < 4.78 is 1.68. The maximum Gasteiger partial charge on any atom is 0.227 e. The highest BCUT2D eigenvalue weighted by atomic mass is 16.1. The van der Waals surface area contributed by atoms with Gasteiger partial charge in [0.05, 0.1) is 0 Å². The Morgan fingerprint density at radius 2 is 1.72 bits per heavy atom. The molecule has 29 heavy (non-hydrogen) atoms. The number of rotatable bonds is 5. The molecule has 1 amide bonds. The van der Waals surface area contributed by atoms with Crippen molar-refractivity contribution < 1.29 is 4.79 Å². The zero-order chi connectivity index (χ0) is 20.2. The maximum absolute atomic E-state index is 12.6. The number of nitrogens with zero attached hydrogens (tertiary/aromatic N) is 5. The van der Waals surface area contributed by atoms with Crippen molar-refractivity contribution in [2.24, 2.45) is 5.92 Å². The zero-order valence-corrected chi connectivity index (χ0v) is 16.8. The highest BCUT2D eigenvalue weighted by molar-refractivity contribution is 5.92. The van der Waals surface area contributed by atoms with Crippen molar-refractivity contribution in [3.05, 3.63) is 60.4 Å². The van der Waals surface area contributed by atoms with E-state index in [1.807, 2.05) is 36.5 Å². The summed E-state index contributed by atoms with van der Waals surface area (Å²) in [6, 6.07) is 13.8. The van der Waals surface area contributed by atoms with Gasteiger partial charge in [0.25, 0.3) is 0 Å². The second-order valence-electron chi connectivity index (χ2n) is 7.73. The number of benzene rings is 1. The Hall–Kier alpha value is -3.22. The molecule has 7 nitrogen and oxygen atoms in total. The van der Waals surface area contributed by atoms with Crippen LogP contribution in [0.3, 0.4) is 0 Å². The summed E-state index contributed by atoms with van der Waals surface area (Å²) in [5.41, 5.74) is 2.14. The Balaban J connectivity index is 1.31. The first-order chi connectivity index (χ1) is 14.1. The molecule has 0 aliphatic carbocycles. The van der Waals surface area contributed by atoms with Gasteiger partial charge in [-0.25, -0.2) is 4.68 Å². The van der Waals surface area contributed by atoms with Gasteiger partial charge in [0.1, 0.15) is 0 Å². The lowest BCUT2D eigenvalue weighted by molar-refractivity contribution is -0.120. The van der Waals surface area contributed by atoms with Crippen LogP contribution in [0.15, 0.2) is 54.9 Å². The summed E-state index contributed by atoms with van der Waals surface area (Å²) in [5, 5.41) is 15.8. The van der Waals surface area contributed by atoms with Gasteiger partial charge in [-0.2, -0.15) is 5.10 Å². The van der Waals surface area contributed by atoms with Gasteiger partial charge in [0.2, 0.25) is 5.91 Å². The van der Waals surface area contributed by atoms with Gasteiger partial charge in [-0.1, -0.05) is 26.0 Å². The van der Waals surface area contributed by atoms with Crippen molar-refractivity contribution in [2.45, 2.75) is 32.6 Å². The van der Waals surface area contributed by atoms with Crippen LogP contribution in [0.5, 0.6) is 0 Å². The molecule has 0 spiro atoms. The topological polar surface area (TPSA) is 75.9 Å². The normalized spacial score (nSPS) is 14.9. The Bertz CT molecular complexity index is 926. The Morgan fingerprint density at radius 1 is 1.03 bits per heavy atom. The molecule has 1 fully saturated rings. The average molecular weight is 390 g/mol. The van der Waals surface area contributed by atoms with Crippen LogP contribution in [-0.4, -0.2) is 39.0 Å². The fourth-order valence-electron chi connectivity index (χ4n) is 3.58. The summed E-state index contributed by atoms with van der Waals surface area (Å²) in [5.74, 6) is 2.13. The molecule has 1 N–H and O–H groups in total. The zero-order valence-electron chi connectivity index (χ0n) is 16.8. The number of aromatic nitrogens is 4. The minimum Gasteiger partial charge on any atom is -0.355 e. The summed E-state index contributed by atoms with van der Waals surface area (Å²) in [7, 11) is 0. The van der Waals surface area contributed by atoms with E-state index in [-0.39, 0.29) is 11.8 Å². The number of anilines is 2. The number of nitrogens with one attached hydrogen (secondary N) is 1. The molecule has 7 heteroatoms. The standard InChI is InChI=1S/C22H26N6O/c1-16(2)17-4-6-19(7-5-17)24-22(29)18-10-14-27(15-11-18)20-8-9-21(26-25-20)28-13-3-12-23-28/h3-9,12-13,16,18H,10-11,14-15H2,1-2H3,(H,24,29). The van der Waals surface area contributed by atoms with Crippen molar-refractivity contribution in [1.82, 2.24) is 20.0 Å². The molecule has 1 aliphatic heterocycles. The number of amides is 1. The molecule has 1 saturated heterocycles. The van der Waals surface area contributed by atoms with Crippen molar-refractivity contribution in [1.29, 1.82) is 0 Å². The highest BCUT2D eigenvalue weighted by Crippen LogP contribution is 2.24. The molecule has 3 aromatic rings. The molecule has 0 bridgehead atoms. The van der Waals surface area contributed by atoms with Crippen LogP contribution in [0.4, 0.5) is 11.5 Å². The fourth-order valence-corrected chi connectivity index (χ4v) is 3.58. The third-order valence-corrected chi connectivity index (χ3v) is 5.41. The largest absolute Gasteiger partial charge is 0.355 e. The van der Waals surface area contributed by atoms with E-state index in [4.69, 9.17) is 0 Å². The molecule has 0 radical (unpaired) electrons. The quantitative estimate of drug-likeness (QED) is 0.720. The van der Waals surface area contributed by atoms with Crippen LogP contribution < -0.4 is 10.2 Å². The maximum atomic E-state index is 12.6. The summed E-state index contributed by atoms with van der Waals surface area (Å²) in [6.45, 7) is 5.91. The number of hydrogen-bond donors (Lipinski definition) is 1. The van der Waals surface area contributed by atoms with E-state index in [2.05, 4.69) is 51.5 Å². The van der Waals surface area contributed by atoms with Gasteiger partial charge in [-0.15, -0.1) is 10.2 Å². The molecule has 0 atom stereocenters. The van der Waals surface area contributed by atoms with Gasteiger partial charge in [0.15, 0.2) is 11.6 Å². The van der Waals surface area contributed by atoms with E-state index < -0.39 is 0 Å². The van der Waals surface area contributed by atoms with Gasteiger partial charge < -0.3 is 10.2 Å². The Kier molecular flexibility index (Phi) is 5.55. The van der Waals surface area contributed by atoms with Crippen LogP contribution in [0.25, 0.3) is 5.82 Å². The second-order valence-corrected chi connectivity index (χ2v) is 7.73. The molecule has 0 unspecified atom stereocenters. The molecular formula is C22H26N6O. The van der Waals surface area contributed by atoms with Crippen LogP contribution in [0.2, 0.25) is 0 Å². The summed E-state index contributed by atoms with van der Waals surface area (Å²) >= 11 is 0. The Morgan fingerprint density at radius 3 is 2.31 bits per heavy atom. The molecular weight excluding hydrogens is 364 g/mol. The van der Waals surface area contributed by atoms with Crippen LogP contribution in [0, 0.1) is 5.92 Å². The predicted octanol–water partition coefficient (Wildman–Crippen LogP) is 3.64. The minimum absolute atomic E-state index is 0.0207. The van der Waals surface area contributed by atoms with E-state index in [1.165, 1.54) is 5.56 Å². The summed E-state index contributed by atoms with van der Waals surface area (Å²) in [6.07, 6.45) is 5.16. The van der Waals surface area contributed by atoms with Crippen LogP contribution in [0.1, 0.15) is 38.2 Å². The van der Waals surface area contributed by atoms with Gasteiger partial charge in [-0.05, 0) is 54.7 Å². The molecule has 2 aromatic heterocycles. The first kappa shape index (κ1) is 19.1. The fraction of sp³-hybridized carbons (Fsp3) is 0.364. The van der Waals surface area contributed by atoms with Crippen molar-refractivity contribution in [3.63, 3.8) is 0 Å². The summed E-state index contributed by atoms with van der Waals surface area (Å²) in [4.78, 5) is 14.8. The number of carbonyl (C=O) groups excluding carboxylic acids is 1. The van der Waals surface area contributed by atoms with E-state index in [1.54, 1.807) is 10.9 Å². The van der Waals surface area contributed by atoms with E-state index >= 15 is 0 Å². The number of carbonyl (C=O) groups is 1. The third kappa shape index (κ3) is 4.45. The molecule has 150 valence electrons. The lowest BCUT2D eigenvalue weighted by Crippen LogP contribution is -2.38. The van der Waals surface area contributed by atoms with Crippen LogP contribution >= 0.6 is 0 Å². The average Bonchev–Trinajstić information content (AvgIpc) is 3.29. The molecule has 3 heterocycles. The van der Waals surface area contributed by atoms with Crippen LogP contribution in [-0.2, 0) is 4.79 Å². The van der Waals surface area contributed by atoms with Crippen molar-refractivity contribution >= 4 is 17.4 Å². The lowest BCUT2D eigenvalue weighted by Gasteiger charge is -2.31. The molecule has 1 aliphatic rings. The van der Waals surface area contributed by atoms with Gasteiger partial charge >= 0.3 is 0 Å². The third-order valence-electron chi connectivity index (χ3n) is 5.41. The predicted molar refractivity (Wildman–Crippen MR) is 113 cm³/mol. The smallest absolute Gasteiger partial charge is 0.227 e. The number of hydrogen-bond acceptors (Lipinski definition) is 5. The first-order valence-electron chi connectivity index (χ1n) is 10.1. The van der Waals surface area contributed by atoms with E-state index in [0.29, 0.717) is 11.7 Å². The lowest BCUT2D eigenvalue weighted by atomic mass is 9.95. The molecule has 4 rings (SSSR count). The SMILES string of the molecule is CC(C)c1ccc(NC(=O)C2CCN(c3ccc(-n4cccn4)nn3)CC2)cc1.